The number of hydrogen-bond acceptors (Lipinski definition) is 4. The van der Waals surface area contributed by atoms with Crippen LogP contribution in [0.5, 0.6) is 11.6 Å². The van der Waals surface area contributed by atoms with Gasteiger partial charge in [0, 0.05) is 0 Å². The first-order valence-electron chi connectivity index (χ1n) is 4.66. The minimum Gasteiger partial charge on any atom is -0.437 e. The van der Waals surface area contributed by atoms with Gasteiger partial charge in [0.25, 0.3) is 0 Å². The number of rotatable bonds is 2. The normalized spacial score (nSPS) is 10.1. The minimum absolute atomic E-state index is 0.272. The molecule has 0 saturated carbocycles. The van der Waals surface area contributed by atoms with E-state index in [0.717, 1.165) is 0 Å². The van der Waals surface area contributed by atoms with E-state index in [1.54, 1.807) is 13.0 Å². The Morgan fingerprint density at radius 2 is 2.12 bits per heavy atom. The molecule has 0 amide bonds. The number of aryl methyl sites for hydroxylation is 1. The van der Waals surface area contributed by atoms with Crippen molar-refractivity contribution in [1.82, 2.24) is 9.97 Å². The van der Waals surface area contributed by atoms with Crippen LogP contribution in [0.2, 0.25) is 0 Å². The quantitative estimate of drug-likeness (QED) is 0.841. The largest absolute Gasteiger partial charge is 0.437 e. The van der Waals surface area contributed by atoms with Gasteiger partial charge in [-0.2, -0.15) is 4.98 Å². The molecule has 0 saturated heterocycles. The molecule has 0 aliphatic rings. The zero-order valence-electron chi connectivity index (χ0n) is 8.64. The molecule has 2 N–H and O–H groups in total. The van der Waals surface area contributed by atoms with Crippen LogP contribution >= 0.6 is 0 Å². The fraction of sp³-hybridized carbons (Fsp3) is 0.0909. The standard InChI is InChI=1S/C11H10FN3O/c1-7-4-8(2-3-9(7)12)16-11-6-14-5-10(13)15-11/h2-6H,1H3,(H2,13,15). The fourth-order valence-electron chi connectivity index (χ4n) is 1.21. The van der Waals surface area contributed by atoms with Crippen molar-refractivity contribution in [1.29, 1.82) is 0 Å². The van der Waals surface area contributed by atoms with Gasteiger partial charge in [-0.15, -0.1) is 0 Å². The highest BCUT2D eigenvalue weighted by Gasteiger charge is 2.02. The van der Waals surface area contributed by atoms with Gasteiger partial charge in [-0.3, -0.25) is 4.98 Å². The second-order valence-corrected chi connectivity index (χ2v) is 3.30. The first-order chi connectivity index (χ1) is 7.65. The summed E-state index contributed by atoms with van der Waals surface area (Å²) in [6.07, 6.45) is 2.86. The number of hydrogen-bond donors (Lipinski definition) is 1. The van der Waals surface area contributed by atoms with Gasteiger partial charge in [-0.05, 0) is 30.7 Å². The average Bonchev–Trinajstić information content (AvgIpc) is 2.24. The van der Waals surface area contributed by atoms with Crippen LogP contribution in [0.15, 0.2) is 30.6 Å². The highest BCUT2D eigenvalue weighted by atomic mass is 19.1. The molecule has 16 heavy (non-hydrogen) atoms. The van der Waals surface area contributed by atoms with Gasteiger partial charge < -0.3 is 10.5 Å². The summed E-state index contributed by atoms with van der Waals surface area (Å²) in [6, 6.07) is 4.44. The SMILES string of the molecule is Cc1cc(Oc2cncc(N)n2)ccc1F. The molecule has 2 rings (SSSR count). The molecule has 0 spiro atoms. The molecule has 0 bridgehead atoms. The van der Waals surface area contributed by atoms with Crippen molar-refractivity contribution in [2.45, 2.75) is 6.92 Å². The Morgan fingerprint density at radius 3 is 2.81 bits per heavy atom. The predicted molar refractivity (Wildman–Crippen MR) is 57.7 cm³/mol. The van der Waals surface area contributed by atoms with Gasteiger partial charge in [-0.1, -0.05) is 0 Å². The summed E-state index contributed by atoms with van der Waals surface area (Å²) in [6.45, 7) is 1.66. The van der Waals surface area contributed by atoms with E-state index in [1.165, 1.54) is 24.5 Å². The second kappa shape index (κ2) is 4.14. The Balaban J connectivity index is 2.24. The monoisotopic (exact) mass is 219 g/mol. The molecule has 0 aliphatic heterocycles. The first kappa shape index (κ1) is 10.4. The van der Waals surface area contributed by atoms with E-state index in [-0.39, 0.29) is 17.5 Å². The van der Waals surface area contributed by atoms with Crippen molar-refractivity contribution in [3.63, 3.8) is 0 Å². The maximum absolute atomic E-state index is 13.0. The summed E-state index contributed by atoms with van der Waals surface area (Å²) in [5.74, 6) is 0.784. The third-order valence-electron chi connectivity index (χ3n) is 1.98. The number of aromatic nitrogens is 2. The van der Waals surface area contributed by atoms with E-state index in [0.29, 0.717) is 11.3 Å². The van der Waals surface area contributed by atoms with Crippen LogP contribution in [-0.2, 0) is 0 Å². The zero-order valence-corrected chi connectivity index (χ0v) is 8.64. The van der Waals surface area contributed by atoms with Crippen molar-refractivity contribution < 1.29 is 9.13 Å². The van der Waals surface area contributed by atoms with E-state index in [1.807, 2.05) is 0 Å². The van der Waals surface area contributed by atoms with Crippen molar-refractivity contribution >= 4 is 5.82 Å². The number of benzene rings is 1. The van der Waals surface area contributed by atoms with Gasteiger partial charge in [0.2, 0.25) is 5.88 Å². The number of halogens is 1. The van der Waals surface area contributed by atoms with Crippen LogP contribution in [0.1, 0.15) is 5.56 Å². The summed E-state index contributed by atoms with van der Waals surface area (Å²) in [5, 5.41) is 0. The van der Waals surface area contributed by atoms with Crippen molar-refractivity contribution in [3.05, 3.63) is 42.0 Å². The lowest BCUT2D eigenvalue weighted by atomic mass is 10.2. The summed E-state index contributed by atoms with van der Waals surface area (Å²) in [5.41, 5.74) is 5.96. The summed E-state index contributed by atoms with van der Waals surface area (Å²) >= 11 is 0. The molecule has 1 aromatic carbocycles. The predicted octanol–water partition coefficient (Wildman–Crippen LogP) is 2.30. The minimum atomic E-state index is -0.272. The van der Waals surface area contributed by atoms with E-state index >= 15 is 0 Å². The first-order valence-corrected chi connectivity index (χ1v) is 4.66. The third kappa shape index (κ3) is 2.25. The molecule has 4 nitrogen and oxygen atoms in total. The van der Waals surface area contributed by atoms with Gasteiger partial charge in [0.15, 0.2) is 0 Å². The Labute approximate surface area is 91.9 Å². The van der Waals surface area contributed by atoms with E-state index in [2.05, 4.69) is 9.97 Å². The summed E-state index contributed by atoms with van der Waals surface area (Å²) < 4.78 is 18.4. The highest BCUT2D eigenvalue weighted by molar-refractivity contribution is 5.33. The second-order valence-electron chi connectivity index (χ2n) is 3.30. The van der Waals surface area contributed by atoms with Gasteiger partial charge in [-0.25, -0.2) is 4.39 Å². The molecule has 0 atom stereocenters. The maximum Gasteiger partial charge on any atom is 0.239 e. The third-order valence-corrected chi connectivity index (χ3v) is 1.98. The number of nitrogen functional groups attached to an aromatic ring is 1. The van der Waals surface area contributed by atoms with Gasteiger partial charge in [0.1, 0.15) is 17.4 Å². The lowest BCUT2D eigenvalue weighted by Crippen LogP contribution is -1.95. The number of ether oxygens (including phenoxy) is 1. The topological polar surface area (TPSA) is 61.0 Å². The van der Waals surface area contributed by atoms with Crippen LogP contribution < -0.4 is 10.5 Å². The highest BCUT2D eigenvalue weighted by Crippen LogP contribution is 2.21. The molecule has 0 fully saturated rings. The van der Waals surface area contributed by atoms with Crippen LogP contribution in [0.25, 0.3) is 0 Å². The average molecular weight is 219 g/mol. The lowest BCUT2D eigenvalue weighted by Gasteiger charge is -2.05. The fourth-order valence-corrected chi connectivity index (χ4v) is 1.21. The smallest absolute Gasteiger partial charge is 0.239 e. The van der Waals surface area contributed by atoms with Crippen LogP contribution in [-0.4, -0.2) is 9.97 Å². The van der Waals surface area contributed by atoms with E-state index < -0.39 is 0 Å². The number of anilines is 1. The van der Waals surface area contributed by atoms with Crippen LogP contribution in [0, 0.1) is 12.7 Å². The molecule has 0 unspecified atom stereocenters. The molecule has 2 aromatic rings. The molecule has 0 aliphatic carbocycles. The van der Waals surface area contributed by atoms with Crippen LogP contribution in [0.3, 0.4) is 0 Å². The van der Waals surface area contributed by atoms with Gasteiger partial charge in [0.05, 0.1) is 12.4 Å². The number of nitrogens with two attached hydrogens (primary N) is 1. The Bertz CT molecular complexity index is 516. The Hall–Kier alpha value is -2.17. The van der Waals surface area contributed by atoms with Crippen molar-refractivity contribution in [2.24, 2.45) is 0 Å². The van der Waals surface area contributed by atoms with E-state index in [9.17, 15) is 4.39 Å². The maximum atomic E-state index is 13.0. The van der Waals surface area contributed by atoms with Crippen LogP contribution in [0.4, 0.5) is 10.2 Å². The zero-order chi connectivity index (χ0) is 11.5. The molecule has 5 heteroatoms. The molecular formula is C11H10FN3O. The van der Waals surface area contributed by atoms with Gasteiger partial charge >= 0.3 is 0 Å². The lowest BCUT2D eigenvalue weighted by molar-refractivity contribution is 0.459. The van der Waals surface area contributed by atoms with Crippen molar-refractivity contribution in [3.8, 4) is 11.6 Å². The summed E-state index contributed by atoms with van der Waals surface area (Å²) in [7, 11) is 0. The summed E-state index contributed by atoms with van der Waals surface area (Å²) in [4.78, 5) is 7.75. The van der Waals surface area contributed by atoms with E-state index in [4.69, 9.17) is 10.5 Å². The molecule has 1 heterocycles. The molecular weight excluding hydrogens is 209 g/mol. The molecule has 0 radical (unpaired) electrons. The number of nitrogens with zero attached hydrogens (tertiary/aromatic N) is 2. The molecule has 1 aromatic heterocycles. The Morgan fingerprint density at radius 1 is 1.31 bits per heavy atom. The Kier molecular flexibility index (Phi) is 2.68. The van der Waals surface area contributed by atoms with Crippen molar-refractivity contribution in [2.75, 3.05) is 5.73 Å². The molecule has 82 valence electrons.